The van der Waals surface area contributed by atoms with Gasteiger partial charge in [0.1, 0.15) is 11.3 Å². The average Bonchev–Trinajstić information content (AvgIpc) is 2.99. The normalized spacial score (nSPS) is 29.4. The van der Waals surface area contributed by atoms with Gasteiger partial charge < -0.3 is 9.47 Å². The van der Waals surface area contributed by atoms with Gasteiger partial charge >= 0.3 is 0 Å². The molecule has 0 aromatic carbocycles. The van der Waals surface area contributed by atoms with Crippen LogP contribution in [0.15, 0.2) is 0 Å². The second-order valence-electron chi connectivity index (χ2n) is 6.12. The number of imidazole rings is 1. The summed E-state index contributed by atoms with van der Waals surface area (Å²) in [4.78, 5) is 7.31. The number of rotatable bonds is 2. The zero-order valence-electron chi connectivity index (χ0n) is 12.0. The van der Waals surface area contributed by atoms with E-state index in [1.54, 1.807) is 0 Å². The van der Waals surface area contributed by atoms with Crippen molar-refractivity contribution >= 4 is 22.8 Å². The van der Waals surface area contributed by atoms with Crippen LogP contribution in [0.1, 0.15) is 30.4 Å². The molecular weight excluding hydrogens is 274 g/mol. The maximum Gasteiger partial charge on any atom is 0.159 e. The largest absolute Gasteiger partial charge is 0.307 e. The van der Waals surface area contributed by atoms with E-state index in [4.69, 9.17) is 16.6 Å². The third kappa shape index (κ3) is 1.66. The molecule has 1 atom stereocenters. The average molecular weight is 294 g/mol. The Morgan fingerprint density at radius 3 is 2.65 bits per heavy atom. The molecule has 0 amide bonds. The predicted octanol–water partition coefficient (Wildman–Crippen LogP) is 2.08. The van der Waals surface area contributed by atoms with Crippen molar-refractivity contribution in [2.45, 2.75) is 31.7 Å². The third-order valence-electron chi connectivity index (χ3n) is 4.98. The molecule has 0 saturated carbocycles. The van der Waals surface area contributed by atoms with Gasteiger partial charge in [0.15, 0.2) is 5.65 Å². The van der Waals surface area contributed by atoms with Gasteiger partial charge in [-0.25, -0.2) is 4.98 Å². The quantitative estimate of drug-likeness (QED) is 0.796. The lowest BCUT2D eigenvalue weighted by Gasteiger charge is -2.45. The van der Waals surface area contributed by atoms with E-state index in [-0.39, 0.29) is 0 Å². The number of aromatic nitrogens is 4. The summed E-state index contributed by atoms with van der Waals surface area (Å²) >= 11 is 6.16. The molecule has 2 aromatic rings. The van der Waals surface area contributed by atoms with E-state index in [2.05, 4.69) is 14.6 Å². The fourth-order valence-electron chi connectivity index (χ4n) is 4.01. The van der Waals surface area contributed by atoms with Gasteiger partial charge in [-0.2, -0.15) is 5.10 Å². The molecule has 108 valence electrons. The Balaban J connectivity index is 1.89. The minimum Gasteiger partial charge on any atom is -0.307 e. The highest BCUT2D eigenvalue weighted by atomic mass is 35.5. The van der Waals surface area contributed by atoms with E-state index in [9.17, 15) is 0 Å². The maximum absolute atomic E-state index is 6.16. The van der Waals surface area contributed by atoms with Crippen molar-refractivity contribution < 1.29 is 0 Å². The molecule has 2 aromatic heterocycles. The van der Waals surface area contributed by atoms with Crippen molar-refractivity contribution in [3.63, 3.8) is 0 Å². The van der Waals surface area contributed by atoms with Crippen molar-refractivity contribution in [2.75, 3.05) is 19.6 Å². The van der Waals surface area contributed by atoms with E-state index < -0.39 is 0 Å². The summed E-state index contributed by atoms with van der Waals surface area (Å²) in [5, 5.41) is 4.52. The van der Waals surface area contributed by atoms with Crippen LogP contribution in [0, 0.1) is 12.8 Å². The summed E-state index contributed by atoms with van der Waals surface area (Å²) < 4.78 is 4.34. The Bertz CT molecular complexity index is 650. The molecule has 6 heteroatoms. The molecule has 3 fully saturated rings. The Labute approximate surface area is 123 Å². The monoisotopic (exact) mass is 293 g/mol. The maximum atomic E-state index is 6.16. The molecule has 0 N–H and O–H groups in total. The lowest BCUT2D eigenvalue weighted by Crippen LogP contribution is -2.48. The van der Waals surface area contributed by atoms with E-state index in [0.29, 0.717) is 11.9 Å². The number of alkyl halides is 1. The molecule has 0 radical (unpaired) electrons. The standard InChI is InChI=1S/C14H20ClN5/c1-9-13-14(18(2)17-9)20(12(7-15)16-13)11-8-19-5-3-10(11)4-6-19/h10-11H,3-8H2,1-2H3. The fraction of sp³-hybridized carbons (Fsp3) is 0.714. The molecular formula is C14H20ClN5. The number of fused-ring (bicyclic) bond motifs is 4. The number of hydrogen-bond acceptors (Lipinski definition) is 3. The van der Waals surface area contributed by atoms with E-state index in [0.717, 1.165) is 35.1 Å². The number of aryl methyl sites for hydroxylation is 2. The minimum atomic E-state index is 0.470. The summed E-state index contributed by atoms with van der Waals surface area (Å²) in [5.41, 5.74) is 3.14. The SMILES string of the molecule is Cc1nn(C)c2c1nc(CCl)n2C1CN2CCC1CC2. The highest BCUT2D eigenvalue weighted by molar-refractivity contribution is 6.16. The van der Waals surface area contributed by atoms with Gasteiger partial charge in [-0.05, 0) is 38.8 Å². The Morgan fingerprint density at radius 2 is 2.05 bits per heavy atom. The van der Waals surface area contributed by atoms with Gasteiger partial charge in [0.2, 0.25) is 0 Å². The third-order valence-corrected chi connectivity index (χ3v) is 5.22. The minimum absolute atomic E-state index is 0.470. The van der Waals surface area contributed by atoms with Crippen molar-refractivity contribution in [2.24, 2.45) is 13.0 Å². The molecule has 3 saturated heterocycles. The fourth-order valence-corrected chi connectivity index (χ4v) is 4.20. The van der Waals surface area contributed by atoms with Crippen LogP contribution in [0.2, 0.25) is 0 Å². The zero-order valence-corrected chi connectivity index (χ0v) is 12.8. The molecule has 5 heterocycles. The van der Waals surface area contributed by atoms with E-state index in [1.807, 2.05) is 18.7 Å². The van der Waals surface area contributed by atoms with Gasteiger partial charge in [0.25, 0.3) is 0 Å². The van der Waals surface area contributed by atoms with Crippen molar-refractivity contribution in [1.82, 2.24) is 24.2 Å². The summed E-state index contributed by atoms with van der Waals surface area (Å²) in [5.74, 6) is 2.23. The van der Waals surface area contributed by atoms with Gasteiger partial charge in [0, 0.05) is 13.6 Å². The van der Waals surface area contributed by atoms with Crippen LogP contribution in [0.5, 0.6) is 0 Å². The van der Waals surface area contributed by atoms with Crippen LogP contribution < -0.4 is 0 Å². The summed E-state index contributed by atoms with van der Waals surface area (Å²) in [6, 6.07) is 0.506. The van der Waals surface area contributed by atoms with E-state index >= 15 is 0 Å². The molecule has 5 rings (SSSR count). The molecule has 0 aliphatic carbocycles. The zero-order chi connectivity index (χ0) is 13.9. The summed E-state index contributed by atoms with van der Waals surface area (Å²) in [6.45, 7) is 5.65. The lowest BCUT2D eigenvalue weighted by atomic mass is 9.84. The lowest BCUT2D eigenvalue weighted by molar-refractivity contribution is 0.0573. The van der Waals surface area contributed by atoms with Gasteiger partial charge in [-0.3, -0.25) is 4.68 Å². The summed E-state index contributed by atoms with van der Waals surface area (Å²) in [7, 11) is 2.01. The molecule has 2 bridgehead atoms. The first kappa shape index (κ1) is 12.7. The first-order valence-electron chi connectivity index (χ1n) is 7.37. The Hall–Kier alpha value is -1.07. The first-order valence-corrected chi connectivity index (χ1v) is 7.91. The van der Waals surface area contributed by atoms with Gasteiger partial charge in [-0.15, -0.1) is 11.6 Å². The number of hydrogen-bond donors (Lipinski definition) is 0. The number of nitrogens with zero attached hydrogens (tertiary/aromatic N) is 5. The Kier molecular flexibility index (Phi) is 2.82. The summed E-state index contributed by atoms with van der Waals surface area (Å²) in [6.07, 6.45) is 2.59. The Morgan fingerprint density at radius 1 is 1.30 bits per heavy atom. The molecule has 3 aliphatic rings. The second-order valence-corrected chi connectivity index (χ2v) is 6.39. The topological polar surface area (TPSA) is 38.9 Å². The van der Waals surface area contributed by atoms with Crippen LogP contribution in [0.4, 0.5) is 0 Å². The molecule has 5 nitrogen and oxygen atoms in total. The van der Waals surface area contributed by atoms with Crippen molar-refractivity contribution in [3.05, 3.63) is 11.5 Å². The van der Waals surface area contributed by atoms with Crippen molar-refractivity contribution in [1.29, 1.82) is 0 Å². The van der Waals surface area contributed by atoms with Crippen molar-refractivity contribution in [3.8, 4) is 0 Å². The van der Waals surface area contributed by atoms with Gasteiger partial charge in [-0.1, -0.05) is 0 Å². The predicted molar refractivity (Wildman–Crippen MR) is 79.0 cm³/mol. The number of piperidine rings is 3. The highest BCUT2D eigenvalue weighted by Crippen LogP contribution is 2.38. The molecule has 0 spiro atoms. The molecule has 1 unspecified atom stereocenters. The number of halogens is 1. The van der Waals surface area contributed by atoms with Crippen LogP contribution >= 0.6 is 11.6 Å². The van der Waals surface area contributed by atoms with Crippen LogP contribution in [0.25, 0.3) is 11.2 Å². The molecule has 3 aliphatic heterocycles. The highest BCUT2D eigenvalue weighted by Gasteiger charge is 2.37. The van der Waals surface area contributed by atoms with E-state index in [1.165, 1.54) is 25.9 Å². The van der Waals surface area contributed by atoms with Crippen LogP contribution in [0.3, 0.4) is 0 Å². The molecule has 20 heavy (non-hydrogen) atoms. The first-order chi connectivity index (χ1) is 9.69. The van der Waals surface area contributed by atoms with Crippen LogP contribution in [-0.4, -0.2) is 43.9 Å². The second kappa shape index (κ2) is 4.46. The van der Waals surface area contributed by atoms with Gasteiger partial charge in [0.05, 0.1) is 17.6 Å². The van der Waals surface area contributed by atoms with Crippen LogP contribution in [-0.2, 0) is 12.9 Å². The smallest absolute Gasteiger partial charge is 0.159 e.